The Morgan fingerprint density at radius 3 is 2.00 bits per heavy atom. The first-order valence-corrected chi connectivity index (χ1v) is 1.49. The van der Waals surface area contributed by atoms with E-state index >= 15 is 0 Å². The second-order valence-electron chi connectivity index (χ2n) is 0.747. The van der Waals surface area contributed by atoms with Gasteiger partial charge < -0.3 is 5.11 Å². The van der Waals surface area contributed by atoms with Gasteiger partial charge in [-0.3, -0.25) is 4.79 Å². The Hall–Kier alpha value is 0.730. The molecule has 1 radical (unpaired) electrons. The predicted octanol–water partition coefficient (Wildman–Crippen LogP) is 0.481. The zero-order valence-corrected chi connectivity index (χ0v) is 5.30. The van der Waals surface area contributed by atoms with Crippen LogP contribution in [0.25, 0.3) is 0 Å². The van der Waals surface area contributed by atoms with Gasteiger partial charge in [0.2, 0.25) is 0 Å². The van der Waals surface area contributed by atoms with Crippen LogP contribution < -0.4 is 0 Å². The number of hydrogen-bond acceptors (Lipinski definition) is 1. The third-order valence-electron chi connectivity index (χ3n) is 0.302. The molecule has 0 unspecified atom stereocenters. The van der Waals surface area contributed by atoms with Gasteiger partial charge in [0, 0.05) is 44.2 Å². The van der Waals surface area contributed by atoms with E-state index in [1.807, 2.05) is 0 Å². The molecule has 0 saturated heterocycles. The van der Waals surface area contributed by atoms with Gasteiger partial charge in [-0.1, -0.05) is 6.92 Å². The molecular formula is C3H6HoO2. The Bertz CT molecular complexity index is 44.1. The van der Waals surface area contributed by atoms with Crippen LogP contribution in [-0.4, -0.2) is 11.1 Å². The summed E-state index contributed by atoms with van der Waals surface area (Å²) in [4.78, 5) is 9.37. The summed E-state index contributed by atoms with van der Waals surface area (Å²) in [5, 5.41) is 7.72. The van der Waals surface area contributed by atoms with Crippen molar-refractivity contribution < 1.29 is 47.6 Å². The summed E-state index contributed by atoms with van der Waals surface area (Å²) in [5.74, 6) is -0.745. The summed E-state index contributed by atoms with van der Waals surface area (Å²) in [6.45, 7) is 1.60. The third-order valence-corrected chi connectivity index (χ3v) is 0.302. The van der Waals surface area contributed by atoms with Crippen LogP contribution in [0.4, 0.5) is 0 Å². The minimum atomic E-state index is -0.745. The molecule has 41 valence electrons. The smallest absolute Gasteiger partial charge is 0.303 e. The summed E-state index contributed by atoms with van der Waals surface area (Å²) in [6.07, 6.45) is 0.222. The topological polar surface area (TPSA) is 37.3 Å². The molecule has 0 saturated carbocycles. The minimum Gasteiger partial charge on any atom is -0.481 e. The quantitative estimate of drug-likeness (QED) is 0.676. The second kappa shape index (κ2) is 5.73. The summed E-state index contributed by atoms with van der Waals surface area (Å²) in [5.41, 5.74) is 0. The van der Waals surface area contributed by atoms with Crippen LogP contribution in [0.15, 0.2) is 0 Å². The number of hydrogen-bond donors (Lipinski definition) is 1. The standard InChI is InChI=1S/C3H6O2.Ho/c1-2-3(4)5;/h2H2,1H3,(H,4,5);. The average Bonchev–Trinajstić information content (AvgIpc) is 1.38. The minimum absolute atomic E-state index is 0. The Kier molecular flexibility index (Phi) is 9.43. The van der Waals surface area contributed by atoms with Gasteiger partial charge in [-0.2, -0.15) is 0 Å². The maximum absolute atomic E-state index is 9.37. The first-order valence-electron chi connectivity index (χ1n) is 1.49. The van der Waals surface area contributed by atoms with E-state index in [9.17, 15) is 4.79 Å². The van der Waals surface area contributed by atoms with E-state index in [1.54, 1.807) is 6.92 Å². The van der Waals surface area contributed by atoms with Gasteiger partial charge in [-0.25, -0.2) is 0 Å². The molecule has 2 nitrogen and oxygen atoms in total. The Morgan fingerprint density at radius 2 is 2.00 bits per heavy atom. The van der Waals surface area contributed by atoms with E-state index in [0.29, 0.717) is 0 Å². The molecule has 0 aliphatic rings. The predicted molar refractivity (Wildman–Crippen MR) is 17.9 cm³/mol. The van der Waals surface area contributed by atoms with Gasteiger partial charge in [0.15, 0.2) is 0 Å². The van der Waals surface area contributed by atoms with Crippen molar-refractivity contribution in [3.8, 4) is 0 Å². The number of carboxylic acid groups (broad SMARTS) is 1. The second-order valence-corrected chi connectivity index (χ2v) is 0.747. The van der Waals surface area contributed by atoms with Crippen LogP contribution in [0.2, 0.25) is 0 Å². The SMILES string of the molecule is CCC(=O)O.[Ho]. The first kappa shape index (κ1) is 9.88. The zero-order valence-electron chi connectivity index (χ0n) is 3.36. The molecule has 0 amide bonds. The van der Waals surface area contributed by atoms with Crippen LogP contribution in [0.1, 0.15) is 13.3 Å². The summed E-state index contributed by atoms with van der Waals surface area (Å²) >= 11 is 0. The third kappa shape index (κ3) is 8.83. The van der Waals surface area contributed by atoms with E-state index in [-0.39, 0.29) is 44.2 Å². The van der Waals surface area contributed by atoms with E-state index in [0.717, 1.165) is 0 Å². The van der Waals surface area contributed by atoms with Crippen molar-refractivity contribution in [3.05, 3.63) is 0 Å². The molecule has 1 N–H and O–H groups in total. The van der Waals surface area contributed by atoms with Gasteiger partial charge in [0.25, 0.3) is 0 Å². The van der Waals surface area contributed by atoms with Crippen LogP contribution >= 0.6 is 0 Å². The molecule has 6 heavy (non-hydrogen) atoms. The van der Waals surface area contributed by atoms with Gasteiger partial charge in [0.1, 0.15) is 0 Å². The number of rotatable bonds is 1. The fourth-order valence-electron chi connectivity index (χ4n) is 0. The Balaban J connectivity index is 0. The zero-order chi connectivity index (χ0) is 4.28. The molecule has 0 aromatic carbocycles. The summed E-state index contributed by atoms with van der Waals surface area (Å²) < 4.78 is 0. The van der Waals surface area contributed by atoms with Gasteiger partial charge >= 0.3 is 5.97 Å². The van der Waals surface area contributed by atoms with Crippen molar-refractivity contribution in [2.75, 3.05) is 0 Å². The number of carbonyl (C=O) groups is 1. The van der Waals surface area contributed by atoms with E-state index in [1.165, 1.54) is 0 Å². The molecule has 0 aromatic rings. The van der Waals surface area contributed by atoms with Gasteiger partial charge in [-0.15, -0.1) is 0 Å². The molecular weight excluding hydrogens is 233 g/mol. The van der Waals surface area contributed by atoms with Crippen molar-refractivity contribution in [2.24, 2.45) is 0 Å². The summed E-state index contributed by atoms with van der Waals surface area (Å²) in [6, 6.07) is 0. The van der Waals surface area contributed by atoms with Crippen LogP contribution in [-0.2, 0) is 4.79 Å². The molecule has 0 aliphatic heterocycles. The largest absolute Gasteiger partial charge is 0.481 e. The maximum Gasteiger partial charge on any atom is 0.303 e. The molecule has 0 spiro atoms. The molecule has 3 heteroatoms. The monoisotopic (exact) mass is 239 g/mol. The molecule has 0 atom stereocenters. The van der Waals surface area contributed by atoms with E-state index < -0.39 is 5.97 Å². The molecule has 0 rings (SSSR count). The first-order chi connectivity index (χ1) is 2.27. The van der Waals surface area contributed by atoms with Crippen LogP contribution in [0.5, 0.6) is 0 Å². The Labute approximate surface area is 66.5 Å². The van der Waals surface area contributed by atoms with E-state index in [2.05, 4.69) is 0 Å². The Morgan fingerprint density at radius 1 is 1.83 bits per heavy atom. The van der Waals surface area contributed by atoms with Gasteiger partial charge in [-0.05, 0) is 0 Å². The van der Waals surface area contributed by atoms with Gasteiger partial charge in [0.05, 0.1) is 0 Å². The van der Waals surface area contributed by atoms with Crippen molar-refractivity contribution >= 4 is 5.97 Å². The van der Waals surface area contributed by atoms with Crippen LogP contribution in [0.3, 0.4) is 0 Å². The molecule has 0 fully saturated rings. The van der Waals surface area contributed by atoms with Crippen molar-refractivity contribution in [1.29, 1.82) is 0 Å². The molecule has 0 aromatic heterocycles. The number of aliphatic carboxylic acids is 1. The maximum atomic E-state index is 9.37. The molecule has 0 bridgehead atoms. The molecule has 0 aliphatic carbocycles. The van der Waals surface area contributed by atoms with Crippen molar-refractivity contribution in [2.45, 2.75) is 13.3 Å². The van der Waals surface area contributed by atoms with Crippen LogP contribution in [0, 0.1) is 37.7 Å². The normalized spacial score (nSPS) is 6.17. The average molecular weight is 239 g/mol. The fraction of sp³-hybridized carbons (Fsp3) is 0.667. The fourth-order valence-corrected chi connectivity index (χ4v) is 0. The summed E-state index contributed by atoms with van der Waals surface area (Å²) in [7, 11) is 0. The van der Waals surface area contributed by atoms with Crippen molar-refractivity contribution in [3.63, 3.8) is 0 Å². The number of carboxylic acids is 1. The molecule has 0 heterocycles. The van der Waals surface area contributed by atoms with E-state index in [4.69, 9.17) is 5.11 Å². The van der Waals surface area contributed by atoms with Crippen molar-refractivity contribution in [1.82, 2.24) is 0 Å².